The molecule has 13 aliphatic heterocycles. The molecule has 20 amide bonds. The second kappa shape index (κ2) is 43.9. The minimum Gasteiger partial charge on any atom is -0.480 e. The number of nitrogens with one attached hydrogen (secondary N) is 9. The molecule has 0 aromatic rings. The molecular weight excluding hydrogens is 1680 g/mol. The van der Waals surface area contributed by atoms with Crippen LogP contribution in [-0.2, 0) is 101 Å². The summed E-state index contributed by atoms with van der Waals surface area (Å²) in [5.74, 6) is -11.8. The van der Waals surface area contributed by atoms with Crippen LogP contribution in [0, 0.1) is 0 Å². The maximum Gasteiger partial charge on any atom is 0.322 e. The van der Waals surface area contributed by atoms with Crippen molar-refractivity contribution in [1.82, 2.24) is 107 Å². The van der Waals surface area contributed by atoms with Gasteiger partial charge in [-0.1, -0.05) is 0 Å². The van der Waals surface area contributed by atoms with Crippen LogP contribution in [0.2, 0.25) is 0 Å². The molecule has 12 N–H and O–H groups in total. The van der Waals surface area contributed by atoms with Crippen LogP contribution in [0.25, 0.3) is 0 Å². The van der Waals surface area contributed by atoms with Crippen LogP contribution in [0.4, 0.5) is 0 Å². The van der Waals surface area contributed by atoms with Crippen LogP contribution in [0.5, 0.6) is 0 Å². The molecule has 14 atom stereocenters. The summed E-state index contributed by atoms with van der Waals surface area (Å²) < 4.78 is 0. The van der Waals surface area contributed by atoms with Gasteiger partial charge in [-0.05, 0) is 199 Å². The standard InChI is InChI=1S/C85H126N22O22/c86-30-2-1-16-51(95-79(123)59-24-4-32-96(59)65(108)45-89-74(118)54-19-6-39-103(54)82(126)61-26-12-34-98(61)67(110)46-90-73(117)53-18-5-38-102(53)80(124)52-17-3-31-87-52)72(116)88-44-66(109)97-33-11-25-60(97)81(125)104-40-7-20-55(104)75(119)91-47-68(111)99-35-13-27-62(99)83(127)105-41-8-21-56(105)76(120)92-48-69(112)100-36-14-28-63(100)84(128)106-42-9-22-57(106)77(121)93-49-70(113)101-37-15-29-64(101)85(129)107-43-10-23-58(107)78(122)94-50-71(114)115/h51-64,87H,1-50,86H2,(H,88,116)(H,89,118)(H,90,117)(H,91,119)(H,92,120)(H,93,121)(H,94,122)(H,95,123)(H,114,115)/t51-,52-,53-,54-,55-,56-,57-,58-,59-,60-,61-,62-,63-,64-/m0/s1. The van der Waals surface area contributed by atoms with Crippen molar-refractivity contribution in [3.8, 4) is 0 Å². The molecule has 0 unspecified atom stereocenters. The number of unbranched alkanes of at least 4 members (excludes halogenated alkanes) is 1. The van der Waals surface area contributed by atoms with Crippen molar-refractivity contribution in [3.63, 3.8) is 0 Å². The summed E-state index contributed by atoms with van der Waals surface area (Å²) in [5.41, 5.74) is 5.81. The smallest absolute Gasteiger partial charge is 0.322 e. The van der Waals surface area contributed by atoms with Crippen molar-refractivity contribution in [3.05, 3.63) is 0 Å². The summed E-state index contributed by atoms with van der Waals surface area (Å²) in [4.78, 5) is 306. The number of carbonyl (C=O) groups is 21. The largest absolute Gasteiger partial charge is 0.480 e. The van der Waals surface area contributed by atoms with Crippen molar-refractivity contribution in [1.29, 1.82) is 0 Å². The van der Waals surface area contributed by atoms with E-state index in [-0.39, 0.29) is 148 Å². The number of hydrogen-bond donors (Lipinski definition) is 11. The number of likely N-dealkylation sites (tertiary alicyclic amines) is 12. The van der Waals surface area contributed by atoms with Gasteiger partial charge in [0.2, 0.25) is 118 Å². The van der Waals surface area contributed by atoms with E-state index in [1.165, 1.54) is 53.9 Å². The third kappa shape index (κ3) is 22.1. The summed E-state index contributed by atoms with van der Waals surface area (Å²) in [6.45, 7) is 0.143. The third-order valence-corrected chi connectivity index (χ3v) is 28.0. The van der Waals surface area contributed by atoms with E-state index >= 15 is 0 Å². The summed E-state index contributed by atoms with van der Waals surface area (Å²) >= 11 is 0. The van der Waals surface area contributed by atoms with Gasteiger partial charge < -0.3 is 117 Å². The van der Waals surface area contributed by atoms with Crippen molar-refractivity contribution in [2.24, 2.45) is 5.73 Å². The molecule has 13 aliphatic rings. The van der Waals surface area contributed by atoms with E-state index < -0.39 is 236 Å². The molecule has 13 rings (SSSR count). The molecule has 44 nitrogen and oxygen atoms in total. The number of aliphatic carboxylic acids is 1. The molecule has 0 aromatic heterocycles. The molecule has 0 aromatic carbocycles. The Balaban J connectivity index is 0.523. The van der Waals surface area contributed by atoms with E-state index in [2.05, 4.69) is 47.9 Å². The van der Waals surface area contributed by atoms with Crippen LogP contribution >= 0.6 is 0 Å². The predicted octanol–water partition coefficient (Wildman–Crippen LogP) is -6.86. The van der Waals surface area contributed by atoms with Gasteiger partial charge in [0, 0.05) is 78.5 Å². The maximum absolute atomic E-state index is 14.5. The van der Waals surface area contributed by atoms with Crippen molar-refractivity contribution in [2.75, 3.05) is 137 Å². The zero-order valence-electron chi connectivity index (χ0n) is 73.4. The van der Waals surface area contributed by atoms with E-state index in [1.807, 2.05) is 0 Å². The Hall–Kier alpha value is -11.2. The first-order valence-electron chi connectivity index (χ1n) is 46.6. The van der Waals surface area contributed by atoms with Crippen LogP contribution in [-0.4, -0.2) is 410 Å². The molecule has 0 spiro atoms. The molecule has 708 valence electrons. The summed E-state index contributed by atoms with van der Waals surface area (Å²) in [6, 6.07) is -12.7. The maximum atomic E-state index is 14.5. The van der Waals surface area contributed by atoms with Gasteiger partial charge in [-0.25, -0.2) is 0 Å². The van der Waals surface area contributed by atoms with Crippen molar-refractivity contribution < 1.29 is 106 Å². The average molecular weight is 1810 g/mol. The van der Waals surface area contributed by atoms with Crippen molar-refractivity contribution >= 4 is 124 Å². The molecule has 0 bridgehead atoms. The number of hydrogen-bond acceptors (Lipinski definition) is 23. The molecule has 13 saturated heterocycles. The molecule has 13 fully saturated rings. The van der Waals surface area contributed by atoms with Gasteiger partial charge >= 0.3 is 5.97 Å². The van der Waals surface area contributed by atoms with E-state index in [0.29, 0.717) is 135 Å². The number of nitrogens with two attached hydrogens (primary N) is 1. The van der Waals surface area contributed by atoms with Gasteiger partial charge in [-0.15, -0.1) is 0 Å². The molecule has 129 heavy (non-hydrogen) atoms. The van der Waals surface area contributed by atoms with E-state index in [0.717, 1.165) is 13.0 Å². The van der Waals surface area contributed by atoms with E-state index in [4.69, 9.17) is 10.8 Å². The fourth-order valence-electron chi connectivity index (χ4n) is 21.4. The van der Waals surface area contributed by atoms with Crippen molar-refractivity contribution in [2.45, 2.75) is 271 Å². The number of carbonyl (C=O) groups excluding carboxylic acids is 20. The molecule has 0 radical (unpaired) electrons. The van der Waals surface area contributed by atoms with Crippen LogP contribution in [0.3, 0.4) is 0 Å². The second-order valence-electron chi connectivity index (χ2n) is 36.0. The fourth-order valence-corrected chi connectivity index (χ4v) is 21.4. The highest BCUT2D eigenvalue weighted by molar-refractivity contribution is 6.02. The Morgan fingerprint density at radius 1 is 0.264 bits per heavy atom. The Labute approximate surface area is 747 Å². The predicted molar refractivity (Wildman–Crippen MR) is 451 cm³/mol. The van der Waals surface area contributed by atoms with Gasteiger partial charge in [0.1, 0.15) is 85.1 Å². The van der Waals surface area contributed by atoms with Gasteiger partial charge in [-0.2, -0.15) is 0 Å². The number of rotatable bonds is 33. The average Bonchev–Trinajstić information content (AvgIpc) is 1.65. The monoisotopic (exact) mass is 1810 g/mol. The Bertz CT molecular complexity index is 4300. The van der Waals surface area contributed by atoms with Crippen LogP contribution < -0.4 is 53.6 Å². The minimum atomic E-state index is -1.23. The van der Waals surface area contributed by atoms with Crippen LogP contribution in [0.1, 0.15) is 186 Å². The summed E-state index contributed by atoms with van der Waals surface area (Å²) in [7, 11) is 0. The lowest BCUT2D eigenvalue weighted by Crippen LogP contribution is -2.57. The first-order valence-corrected chi connectivity index (χ1v) is 46.6. The van der Waals surface area contributed by atoms with Gasteiger partial charge in [0.15, 0.2) is 0 Å². The minimum absolute atomic E-state index is 0.115. The second-order valence-corrected chi connectivity index (χ2v) is 36.0. The SMILES string of the molecule is NCCCC[C@H](NC(=O)[C@@H]1CCCN1C(=O)CNC(=O)[C@@H]1CCCN1C(=O)[C@@H]1CCCN1C(=O)CNC(=O)[C@@H]1CCCN1C(=O)[C@@H]1CCCN1)C(=O)NCC(=O)N1CCC[C@H]1C(=O)N1CCC[C@H]1C(=O)NCC(=O)N1CCC[C@H]1C(=O)N1CCC[C@H]1C(=O)NCC(=O)N1CCC[C@H]1C(=O)N1CCC[C@H]1C(=O)NCC(=O)N1CCC[C@H]1C(=O)N1CCC[C@H]1C(=O)NCC(=O)O. The number of nitrogens with zero attached hydrogens (tertiary/aromatic N) is 12. The van der Waals surface area contributed by atoms with Gasteiger partial charge in [-0.3, -0.25) is 101 Å². The number of amides is 20. The first-order chi connectivity index (χ1) is 62.1. The normalized spacial score (nSPS) is 26.9. The number of carboxylic acids is 1. The van der Waals surface area contributed by atoms with Gasteiger partial charge in [0.25, 0.3) is 0 Å². The molecular formula is C85H126N22O22. The highest BCUT2D eigenvalue weighted by Crippen LogP contribution is 2.33. The zero-order chi connectivity index (χ0) is 91.9. The molecule has 44 heteroatoms. The third-order valence-electron chi connectivity index (χ3n) is 28.0. The quantitative estimate of drug-likeness (QED) is 0.0272. The summed E-state index contributed by atoms with van der Waals surface area (Å²) in [6.07, 6.45) is 11.9. The fraction of sp³-hybridized carbons (Fsp3) is 0.753. The molecule has 0 saturated carbocycles. The summed E-state index contributed by atoms with van der Waals surface area (Å²) in [5, 5.41) is 33.3. The molecule has 0 aliphatic carbocycles. The first kappa shape index (κ1) is 95.4. The Morgan fingerprint density at radius 2 is 0.488 bits per heavy atom. The zero-order valence-corrected chi connectivity index (χ0v) is 73.4. The van der Waals surface area contributed by atoms with E-state index in [1.54, 1.807) is 4.90 Å². The molecule has 13 heterocycles. The Kier molecular flexibility index (Phi) is 32.5. The highest BCUT2D eigenvalue weighted by atomic mass is 16.4. The topological polar surface area (TPSA) is 552 Å². The lowest BCUT2D eigenvalue weighted by Gasteiger charge is -2.32. The lowest BCUT2D eigenvalue weighted by molar-refractivity contribution is -0.148. The highest BCUT2D eigenvalue weighted by Gasteiger charge is 2.51. The Morgan fingerprint density at radius 3 is 0.736 bits per heavy atom. The van der Waals surface area contributed by atoms with E-state index in [9.17, 15) is 101 Å². The van der Waals surface area contributed by atoms with Crippen LogP contribution in [0.15, 0.2) is 0 Å². The number of carboxylic acid groups (broad SMARTS) is 1. The van der Waals surface area contributed by atoms with Gasteiger partial charge in [0.05, 0.1) is 45.3 Å². The lowest BCUT2D eigenvalue weighted by atomic mass is 10.1.